The van der Waals surface area contributed by atoms with Gasteiger partial charge in [-0.2, -0.15) is 0 Å². The van der Waals surface area contributed by atoms with Crippen molar-refractivity contribution in [1.29, 1.82) is 0 Å². The molecule has 1 N–H and O–H groups in total. The van der Waals surface area contributed by atoms with Crippen LogP contribution in [0.1, 0.15) is 24.2 Å². The fourth-order valence-electron chi connectivity index (χ4n) is 3.44. The Morgan fingerprint density at radius 3 is 2.43 bits per heavy atom. The van der Waals surface area contributed by atoms with E-state index in [0.717, 1.165) is 57.9 Å². The average Bonchev–Trinajstić information content (AvgIpc) is 2.61. The summed E-state index contributed by atoms with van der Waals surface area (Å²) in [6.07, 6.45) is 0. The number of carbonyl (C=O) groups excluding carboxylic acids is 1. The van der Waals surface area contributed by atoms with Gasteiger partial charge < -0.3 is 20.0 Å². The Balaban J connectivity index is 1.62. The first-order valence-electron chi connectivity index (χ1n) is 8.77. The van der Waals surface area contributed by atoms with Crippen molar-refractivity contribution in [3.05, 3.63) is 29.8 Å². The highest BCUT2D eigenvalue weighted by Crippen LogP contribution is 2.18. The molecule has 5 heteroatoms. The molecule has 126 valence electrons. The van der Waals surface area contributed by atoms with Crippen molar-refractivity contribution in [2.75, 3.05) is 57.3 Å². The number of hydrogen-bond acceptors (Lipinski definition) is 4. The highest BCUT2D eigenvalue weighted by molar-refractivity contribution is 5.94. The summed E-state index contributed by atoms with van der Waals surface area (Å²) in [5.41, 5.74) is 2.03. The average molecular weight is 316 g/mol. The molecule has 0 spiro atoms. The van der Waals surface area contributed by atoms with Gasteiger partial charge in [0.2, 0.25) is 0 Å². The van der Waals surface area contributed by atoms with Gasteiger partial charge >= 0.3 is 0 Å². The molecule has 0 radical (unpaired) electrons. The number of carbonyl (C=O) groups is 1. The molecule has 2 aliphatic rings. The molecule has 0 saturated carbocycles. The molecule has 5 nitrogen and oxygen atoms in total. The van der Waals surface area contributed by atoms with Crippen LogP contribution in [0, 0.1) is 0 Å². The number of rotatable bonds is 3. The SMILES string of the molecule is CCN1CCN(c2ccc(C(=O)N3CCN[C@H](C)C3)cc2)CC1. The predicted molar refractivity (Wildman–Crippen MR) is 94.1 cm³/mol. The number of anilines is 1. The molecule has 2 fully saturated rings. The van der Waals surface area contributed by atoms with E-state index in [1.54, 1.807) is 0 Å². The predicted octanol–water partition coefficient (Wildman–Crippen LogP) is 1.26. The Morgan fingerprint density at radius 2 is 1.83 bits per heavy atom. The van der Waals surface area contributed by atoms with Crippen LogP contribution in [0.5, 0.6) is 0 Å². The molecule has 1 aromatic carbocycles. The lowest BCUT2D eigenvalue weighted by molar-refractivity contribution is 0.0709. The van der Waals surface area contributed by atoms with Crippen LogP contribution in [0.3, 0.4) is 0 Å². The summed E-state index contributed by atoms with van der Waals surface area (Å²) >= 11 is 0. The zero-order valence-corrected chi connectivity index (χ0v) is 14.3. The molecule has 0 bridgehead atoms. The Morgan fingerprint density at radius 1 is 1.13 bits per heavy atom. The number of piperazine rings is 2. The molecular weight excluding hydrogens is 288 g/mol. The quantitative estimate of drug-likeness (QED) is 0.911. The third-order valence-corrected chi connectivity index (χ3v) is 4.95. The second-order valence-corrected chi connectivity index (χ2v) is 6.57. The van der Waals surface area contributed by atoms with Gasteiger partial charge in [0.25, 0.3) is 5.91 Å². The van der Waals surface area contributed by atoms with E-state index in [1.165, 1.54) is 5.69 Å². The summed E-state index contributed by atoms with van der Waals surface area (Å²) in [7, 11) is 0. The smallest absolute Gasteiger partial charge is 0.253 e. The Bertz CT molecular complexity index is 522. The molecule has 1 atom stereocenters. The van der Waals surface area contributed by atoms with Gasteiger partial charge in [-0.3, -0.25) is 4.79 Å². The van der Waals surface area contributed by atoms with Gasteiger partial charge in [0.05, 0.1) is 0 Å². The van der Waals surface area contributed by atoms with Gasteiger partial charge in [-0.25, -0.2) is 0 Å². The molecule has 0 aliphatic carbocycles. The van der Waals surface area contributed by atoms with Crippen LogP contribution in [-0.2, 0) is 0 Å². The summed E-state index contributed by atoms with van der Waals surface area (Å²) in [6, 6.07) is 8.54. The normalized spacial score (nSPS) is 23.1. The van der Waals surface area contributed by atoms with Gasteiger partial charge in [-0.1, -0.05) is 6.92 Å². The maximum atomic E-state index is 12.6. The number of nitrogens with one attached hydrogen (secondary N) is 1. The molecule has 23 heavy (non-hydrogen) atoms. The van der Waals surface area contributed by atoms with Gasteiger partial charge in [0, 0.05) is 63.1 Å². The first-order chi connectivity index (χ1) is 11.2. The van der Waals surface area contributed by atoms with Crippen LogP contribution in [0.25, 0.3) is 0 Å². The third kappa shape index (κ3) is 3.85. The number of benzene rings is 1. The number of nitrogens with zero attached hydrogens (tertiary/aromatic N) is 3. The summed E-state index contributed by atoms with van der Waals surface area (Å²) < 4.78 is 0. The molecule has 2 heterocycles. The Kier molecular flexibility index (Phi) is 5.18. The lowest BCUT2D eigenvalue weighted by atomic mass is 10.1. The lowest BCUT2D eigenvalue weighted by Gasteiger charge is -2.35. The van der Waals surface area contributed by atoms with Crippen LogP contribution in [0.4, 0.5) is 5.69 Å². The minimum Gasteiger partial charge on any atom is -0.369 e. The van der Waals surface area contributed by atoms with E-state index in [1.807, 2.05) is 17.0 Å². The summed E-state index contributed by atoms with van der Waals surface area (Å²) in [5.74, 6) is 0.153. The van der Waals surface area contributed by atoms with Crippen molar-refractivity contribution in [1.82, 2.24) is 15.1 Å². The molecule has 1 aromatic rings. The molecular formula is C18H28N4O. The second kappa shape index (κ2) is 7.32. The van der Waals surface area contributed by atoms with Crippen LogP contribution >= 0.6 is 0 Å². The summed E-state index contributed by atoms with van der Waals surface area (Å²) in [6.45, 7) is 12.3. The van der Waals surface area contributed by atoms with Crippen molar-refractivity contribution in [2.45, 2.75) is 19.9 Å². The summed E-state index contributed by atoms with van der Waals surface area (Å²) in [4.78, 5) is 19.4. The lowest BCUT2D eigenvalue weighted by Crippen LogP contribution is -2.51. The highest BCUT2D eigenvalue weighted by Gasteiger charge is 2.22. The first-order valence-corrected chi connectivity index (χ1v) is 8.77. The first kappa shape index (κ1) is 16.3. The number of likely N-dealkylation sites (N-methyl/N-ethyl adjacent to an activating group) is 1. The Labute approximate surface area is 139 Å². The van der Waals surface area contributed by atoms with E-state index < -0.39 is 0 Å². The number of hydrogen-bond donors (Lipinski definition) is 1. The van der Waals surface area contributed by atoms with Crippen LogP contribution in [0.15, 0.2) is 24.3 Å². The third-order valence-electron chi connectivity index (χ3n) is 4.95. The molecule has 3 rings (SSSR count). The zero-order chi connectivity index (χ0) is 16.2. The maximum absolute atomic E-state index is 12.6. The van der Waals surface area contributed by atoms with Gasteiger partial charge in [-0.15, -0.1) is 0 Å². The minimum atomic E-state index is 0.153. The fourth-order valence-corrected chi connectivity index (χ4v) is 3.44. The van der Waals surface area contributed by atoms with E-state index in [-0.39, 0.29) is 5.91 Å². The molecule has 1 amide bonds. The highest BCUT2D eigenvalue weighted by atomic mass is 16.2. The van der Waals surface area contributed by atoms with Crippen molar-refractivity contribution in [3.8, 4) is 0 Å². The van der Waals surface area contributed by atoms with Crippen molar-refractivity contribution < 1.29 is 4.79 Å². The molecule has 2 aliphatic heterocycles. The standard InChI is InChI=1S/C18H28N4O/c1-3-20-10-12-21(13-11-20)17-6-4-16(5-7-17)18(23)22-9-8-19-15(2)14-22/h4-7,15,19H,3,8-14H2,1-2H3/t15-/m1/s1. The van der Waals surface area contributed by atoms with Crippen LogP contribution < -0.4 is 10.2 Å². The number of amides is 1. The van der Waals surface area contributed by atoms with Gasteiger partial charge in [0.1, 0.15) is 0 Å². The summed E-state index contributed by atoms with van der Waals surface area (Å²) in [5, 5.41) is 3.37. The van der Waals surface area contributed by atoms with Crippen molar-refractivity contribution in [2.24, 2.45) is 0 Å². The van der Waals surface area contributed by atoms with E-state index in [9.17, 15) is 4.79 Å². The maximum Gasteiger partial charge on any atom is 0.253 e. The molecule has 0 aromatic heterocycles. The van der Waals surface area contributed by atoms with Crippen molar-refractivity contribution >= 4 is 11.6 Å². The minimum absolute atomic E-state index is 0.153. The second-order valence-electron chi connectivity index (χ2n) is 6.57. The Hall–Kier alpha value is -1.59. The van der Waals surface area contributed by atoms with E-state index >= 15 is 0 Å². The van der Waals surface area contributed by atoms with Crippen LogP contribution in [-0.4, -0.2) is 74.1 Å². The monoisotopic (exact) mass is 316 g/mol. The van der Waals surface area contributed by atoms with E-state index in [2.05, 4.69) is 41.1 Å². The topological polar surface area (TPSA) is 38.8 Å². The van der Waals surface area contributed by atoms with Gasteiger partial charge in [0.15, 0.2) is 0 Å². The van der Waals surface area contributed by atoms with E-state index in [0.29, 0.717) is 6.04 Å². The van der Waals surface area contributed by atoms with Gasteiger partial charge in [-0.05, 0) is 37.7 Å². The zero-order valence-electron chi connectivity index (χ0n) is 14.3. The van der Waals surface area contributed by atoms with Crippen LogP contribution in [0.2, 0.25) is 0 Å². The fraction of sp³-hybridized carbons (Fsp3) is 0.611. The van der Waals surface area contributed by atoms with E-state index in [4.69, 9.17) is 0 Å². The largest absolute Gasteiger partial charge is 0.369 e. The molecule has 2 saturated heterocycles. The molecule has 0 unspecified atom stereocenters. The van der Waals surface area contributed by atoms with Crippen molar-refractivity contribution in [3.63, 3.8) is 0 Å².